The van der Waals surface area contributed by atoms with Crippen LogP contribution in [-0.4, -0.2) is 57.4 Å². The van der Waals surface area contributed by atoms with Gasteiger partial charge in [0.05, 0.1) is 24.1 Å². The van der Waals surface area contributed by atoms with E-state index in [-0.39, 0.29) is 36.7 Å². The van der Waals surface area contributed by atoms with Crippen LogP contribution in [0.5, 0.6) is 17.2 Å². The number of Topliss-reactive ketones (excluding diaryl/α,β-unsaturated/α-hetero) is 1. The number of ether oxygens (including phenoxy) is 4. The molecular formula is C34H31BrN2O7S. The van der Waals surface area contributed by atoms with Gasteiger partial charge in [0.15, 0.2) is 5.78 Å². The fraction of sp³-hybridized carbons (Fsp3) is 0.324. The average Bonchev–Trinajstić information content (AvgIpc) is 3.53. The molecule has 3 unspecified atom stereocenters. The molecule has 0 radical (unpaired) electrons. The van der Waals surface area contributed by atoms with Gasteiger partial charge in [-0.2, -0.15) is 0 Å². The number of thioether (sulfide) groups is 1. The van der Waals surface area contributed by atoms with Crippen LogP contribution < -0.4 is 14.2 Å². The van der Waals surface area contributed by atoms with Gasteiger partial charge in [0.1, 0.15) is 43.1 Å². The summed E-state index contributed by atoms with van der Waals surface area (Å²) in [6.07, 6.45) is 0.0477. The van der Waals surface area contributed by atoms with Crippen LogP contribution in [-0.2, 0) is 32.3 Å². The van der Waals surface area contributed by atoms with Gasteiger partial charge in [0.2, 0.25) is 5.91 Å². The van der Waals surface area contributed by atoms with Gasteiger partial charge in [-0.15, -0.1) is 11.8 Å². The first-order valence-corrected chi connectivity index (χ1v) is 16.3. The lowest BCUT2D eigenvalue weighted by Gasteiger charge is -2.43. The smallest absolute Gasteiger partial charge is 0.330 e. The molecule has 4 heterocycles. The Morgan fingerprint density at radius 1 is 1.09 bits per heavy atom. The summed E-state index contributed by atoms with van der Waals surface area (Å²) in [5.74, 6) is 0.569. The van der Waals surface area contributed by atoms with Crippen LogP contribution in [0, 0.1) is 5.92 Å². The Hall–Kier alpha value is -3.96. The minimum absolute atomic E-state index is 0.0477. The number of rotatable bonds is 9. The van der Waals surface area contributed by atoms with Crippen molar-refractivity contribution in [3.63, 3.8) is 0 Å². The van der Waals surface area contributed by atoms with E-state index in [4.69, 9.17) is 18.9 Å². The lowest BCUT2D eigenvalue weighted by Crippen LogP contribution is -2.63. The summed E-state index contributed by atoms with van der Waals surface area (Å²) in [6.45, 7) is 4.22. The monoisotopic (exact) mass is 690 g/mol. The molecule has 0 saturated carbocycles. The van der Waals surface area contributed by atoms with Crippen LogP contribution in [0.3, 0.4) is 0 Å². The molecule has 7 rings (SSSR count). The number of methoxy groups -OCH3 is 1. The number of H-pyrrole nitrogens is 1. The molecule has 2 fully saturated rings. The minimum Gasteiger partial charge on any atom is -0.497 e. The maximum Gasteiger partial charge on any atom is 0.330 e. The molecule has 3 aliphatic rings. The van der Waals surface area contributed by atoms with Crippen molar-refractivity contribution >= 4 is 56.3 Å². The van der Waals surface area contributed by atoms with E-state index in [9.17, 15) is 14.4 Å². The van der Waals surface area contributed by atoms with E-state index in [1.165, 1.54) is 11.8 Å². The number of aromatic nitrogens is 1. The maximum atomic E-state index is 13.2. The highest BCUT2D eigenvalue weighted by molar-refractivity contribution is 9.10. The van der Waals surface area contributed by atoms with E-state index < -0.39 is 22.7 Å². The van der Waals surface area contributed by atoms with Gasteiger partial charge in [0, 0.05) is 43.7 Å². The number of hydrogen-bond donors (Lipinski definition) is 1. The van der Waals surface area contributed by atoms with Crippen molar-refractivity contribution in [3.05, 3.63) is 76.3 Å². The van der Waals surface area contributed by atoms with Gasteiger partial charge >= 0.3 is 5.97 Å². The Kier molecular flexibility index (Phi) is 7.56. The summed E-state index contributed by atoms with van der Waals surface area (Å²) in [4.78, 5) is 44.4. The highest BCUT2D eigenvalue weighted by Crippen LogP contribution is 2.54. The quantitative estimate of drug-likeness (QED) is 0.162. The Balaban J connectivity index is 0.954. The number of carbonyl (C=O) groups is 3. The molecule has 0 spiro atoms. The number of benzene rings is 3. The number of β-lactam (4-membered cyclic amide) rings is 1. The molecule has 45 heavy (non-hydrogen) atoms. The SMILES string of the molecule is COc1ccc(COC(=O)C2N3C(=O)C(CC(=O)COc4ccc5c(c4)OCc4c-5[nH]c5ccc(Br)cc45)C3SC2(C)C)cc1. The molecule has 9 nitrogen and oxygen atoms in total. The largest absolute Gasteiger partial charge is 0.497 e. The Bertz CT molecular complexity index is 1840. The number of hydrogen-bond acceptors (Lipinski definition) is 8. The number of aromatic amines is 1. The molecule has 232 valence electrons. The number of esters is 1. The van der Waals surface area contributed by atoms with E-state index in [1.807, 2.05) is 50.2 Å². The third-order valence-electron chi connectivity index (χ3n) is 8.62. The predicted molar refractivity (Wildman–Crippen MR) is 173 cm³/mol. The zero-order chi connectivity index (χ0) is 31.5. The van der Waals surface area contributed by atoms with Crippen molar-refractivity contribution in [3.8, 4) is 28.5 Å². The molecule has 3 atom stereocenters. The highest BCUT2D eigenvalue weighted by Gasteiger charge is 2.64. The van der Waals surface area contributed by atoms with E-state index in [1.54, 1.807) is 30.2 Å². The zero-order valence-corrected chi connectivity index (χ0v) is 27.3. The van der Waals surface area contributed by atoms with Gasteiger partial charge in [-0.25, -0.2) is 4.79 Å². The van der Waals surface area contributed by atoms with E-state index in [2.05, 4.69) is 27.0 Å². The van der Waals surface area contributed by atoms with Crippen LogP contribution in [0.4, 0.5) is 0 Å². The number of amides is 1. The Morgan fingerprint density at radius 2 is 1.87 bits per heavy atom. The van der Waals surface area contributed by atoms with Crippen LogP contribution >= 0.6 is 27.7 Å². The Labute approximate surface area is 272 Å². The van der Waals surface area contributed by atoms with Gasteiger partial charge in [-0.1, -0.05) is 28.1 Å². The zero-order valence-electron chi connectivity index (χ0n) is 24.9. The lowest BCUT2D eigenvalue weighted by molar-refractivity contribution is -0.168. The first-order chi connectivity index (χ1) is 21.6. The van der Waals surface area contributed by atoms with Crippen molar-refractivity contribution in [2.75, 3.05) is 13.7 Å². The predicted octanol–water partition coefficient (Wildman–Crippen LogP) is 6.26. The molecule has 11 heteroatoms. The molecule has 0 aliphatic carbocycles. The summed E-state index contributed by atoms with van der Waals surface area (Å²) in [5.41, 5.74) is 4.90. The summed E-state index contributed by atoms with van der Waals surface area (Å²) < 4.78 is 23.1. The van der Waals surface area contributed by atoms with E-state index in [0.29, 0.717) is 23.9 Å². The van der Waals surface area contributed by atoms with Crippen molar-refractivity contribution in [1.29, 1.82) is 0 Å². The lowest BCUT2D eigenvalue weighted by atomic mass is 9.88. The average molecular weight is 692 g/mol. The fourth-order valence-corrected chi connectivity index (χ4v) is 8.39. The topological polar surface area (TPSA) is 107 Å². The molecular weight excluding hydrogens is 660 g/mol. The molecule has 2 saturated heterocycles. The van der Waals surface area contributed by atoms with Crippen molar-refractivity contribution in [1.82, 2.24) is 9.88 Å². The first-order valence-electron chi connectivity index (χ1n) is 14.6. The van der Waals surface area contributed by atoms with Crippen molar-refractivity contribution in [2.45, 2.75) is 49.6 Å². The van der Waals surface area contributed by atoms with Gasteiger partial charge in [0.25, 0.3) is 0 Å². The van der Waals surface area contributed by atoms with Gasteiger partial charge in [-0.05, 0) is 61.9 Å². The number of halogens is 1. The van der Waals surface area contributed by atoms with Crippen LogP contribution in [0.25, 0.3) is 22.2 Å². The van der Waals surface area contributed by atoms with Crippen LogP contribution in [0.2, 0.25) is 0 Å². The van der Waals surface area contributed by atoms with Crippen molar-refractivity contribution < 1.29 is 33.3 Å². The number of ketones is 1. The second-order valence-corrected chi connectivity index (χ2v) is 14.7. The summed E-state index contributed by atoms with van der Waals surface area (Å²) in [6, 6.07) is 18.2. The van der Waals surface area contributed by atoms with E-state index >= 15 is 0 Å². The number of nitrogens with one attached hydrogen (secondary N) is 1. The third kappa shape index (κ3) is 5.35. The standard InChI is InChI=1S/C34H31BrN2O7S/c1-34(2)30(33(40)44-15-18-4-7-21(41-3)8-5-18)37-31(39)25(32(37)45-34)13-20(38)16-42-22-9-10-23-28(14-22)43-17-26-24-12-19(35)6-11-27(24)36-29(23)26/h4-12,14,25,30,32,36H,13,15-17H2,1-3H3. The molecule has 1 amide bonds. The maximum absolute atomic E-state index is 13.2. The van der Waals surface area contributed by atoms with Gasteiger partial charge in [-0.3, -0.25) is 9.59 Å². The molecule has 3 aliphatic heterocycles. The van der Waals surface area contributed by atoms with Crippen molar-refractivity contribution in [2.24, 2.45) is 5.92 Å². The minimum atomic E-state index is -0.726. The highest BCUT2D eigenvalue weighted by atomic mass is 79.9. The second-order valence-electron chi connectivity index (χ2n) is 12.0. The third-order valence-corrected chi connectivity index (χ3v) is 10.7. The Morgan fingerprint density at radius 3 is 2.64 bits per heavy atom. The number of nitrogens with zero attached hydrogens (tertiary/aromatic N) is 1. The molecule has 0 bridgehead atoms. The van der Waals surface area contributed by atoms with E-state index in [0.717, 1.165) is 37.8 Å². The first kappa shape index (κ1) is 29.7. The molecule has 1 aromatic heterocycles. The van der Waals surface area contributed by atoms with Crippen LogP contribution in [0.1, 0.15) is 31.4 Å². The molecule has 4 aromatic rings. The molecule has 1 N–H and O–H groups in total. The second kappa shape index (κ2) is 11.4. The fourth-order valence-electron chi connectivity index (χ4n) is 6.35. The summed E-state index contributed by atoms with van der Waals surface area (Å²) in [7, 11) is 1.59. The number of fused-ring (bicyclic) bond motifs is 6. The number of carbonyl (C=O) groups excluding carboxylic acids is 3. The van der Waals surface area contributed by atoms with Crippen LogP contribution in [0.15, 0.2) is 65.1 Å². The normalized spacial score (nSPS) is 20.8. The molecule has 3 aromatic carbocycles. The summed E-state index contributed by atoms with van der Waals surface area (Å²) >= 11 is 5.08. The van der Waals surface area contributed by atoms with Gasteiger partial charge < -0.3 is 28.8 Å². The summed E-state index contributed by atoms with van der Waals surface area (Å²) in [5, 5.41) is 0.846.